The topological polar surface area (TPSA) is 114 Å². The molecule has 2 rings (SSSR count). The molecule has 16 heteroatoms. The molecule has 1 amide bonds. The Morgan fingerprint density at radius 2 is 1.45 bits per heavy atom. The number of amides is 1. The van der Waals surface area contributed by atoms with Gasteiger partial charge in [0.25, 0.3) is 5.91 Å². The fraction of sp³-hybridized carbons (Fsp3) is 0.133. The average molecular weight is 490 g/mol. The zero-order valence-electron chi connectivity index (χ0n) is 14.5. The van der Waals surface area contributed by atoms with E-state index in [0.29, 0.717) is 0 Å². The summed E-state index contributed by atoms with van der Waals surface area (Å²) in [6.45, 7) is 0. The van der Waals surface area contributed by atoms with E-state index in [4.69, 9.17) is 11.6 Å². The van der Waals surface area contributed by atoms with Crippen molar-refractivity contribution in [1.29, 1.82) is 0 Å². The van der Waals surface area contributed by atoms with E-state index in [2.05, 4.69) is 4.52 Å². The Bertz CT molecular complexity index is 1050. The summed E-state index contributed by atoms with van der Waals surface area (Å²) in [5.41, 5.74) is -4.98. The molecule has 1 N–H and O–H groups in total. The minimum absolute atomic E-state index is 0.147. The van der Waals surface area contributed by atoms with Gasteiger partial charge in [0.05, 0.1) is 26.6 Å². The van der Waals surface area contributed by atoms with E-state index in [9.17, 15) is 45.5 Å². The number of anilines is 1. The van der Waals surface area contributed by atoms with Crippen molar-refractivity contribution >= 4 is 30.9 Å². The summed E-state index contributed by atoms with van der Waals surface area (Å²) >= 11 is 5.70. The summed E-state index contributed by atoms with van der Waals surface area (Å²) in [6.07, 6.45) is -10.3. The second kappa shape index (κ2) is 8.63. The first-order valence-electron chi connectivity index (χ1n) is 7.58. The summed E-state index contributed by atoms with van der Waals surface area (Å²) in [7, 11) is -5.01. The molecule has 2 aromatic rings. The van der Waals surface area contributed by atoms with Crippen LogP contribution in [0.3, 0.4) is 0 Å². The Kier molecular flexibility index (Phi) is 6.76. The van der Waals surface area contributed by atoms with Crippen molar-refractivity contribution in [3.05, 3.63) is 67.9 Å². The van der Waals surface area contributed by atoms with Crippen molar-refractivity contribution in [2.24, 2.45) is 9.89 Å². The third-order valence-corrected chi connectivity index (χ3v) is 4.54. The number of hydrogen-bond donors (Lipinski definition) is 1. The molecule has 0 bridgehead atoms. The molecule has 166 valence electrons. The fourth-order valence-electron chi connectivity index (χ4n) is 2.16. The standard InChI is InChI=1S/C15H7ClF6N3O5P/c16-9-1-2-12(30-31(29,24-27)25-28)11(6-9)13(26)23-10-4-7(14(17,18)19)3-8(5-10)15(20,21)22/h1-6H,(H,23,26). The molecule has 0 radical (unpaired) electrons. The van der Waals surface area contributed by atoms with Crippen molar-refractivity contribution in [1.82, 2.24) is 0 Å². The monoisotopic (exact) mass is 489 g/mol. The van der Waals surface area contributed by atoms with Crippen molar-refractivity contribution < 1.29 is 40.2 Å². The molecule has 0 aliphatic heterocycles. The Morgan fingerprint density at radius 3 is 1.90 bits per heavy atom. The highest BCUT2D eigenvalue weighted by atomic mass is 35.5. The number of hydrogen-bond acceptors (Lipinski definition) is 5. The van der Waals surface area contributed by atoms with Gasteiger partial charge in [-0.2, -0.15) is 26.3 Å². The number of nitroso groups, excluding NO2 is 2. The van der Waals surface area contributed by atoms with Gasteiger partial charge in [0.15, 0.2) is 0 Å². The molecule has 0 aromatic heterocycles. The van der Waals surface area contributed by atoms with E-state index >= 15 is 0 Å². The Hall–Kier alpha value is -2.99. The maximum Gasteiger partial charge on any atom is 0.557 e. The van der Waals surface area contributed by atoms with Gasteiger partial charge in [0.2, 0.25) is 0 Å². The second-order valence-electron chi connectivity index (χ2n) is 5.63. The highest BCUT2D eigenvalue weighted by Gasteiger charge is 2.37. The highest BCUT2D eigenvalue weighted by molar-refractivity contribution is 7.56. The lowest BCUT2D eigenvalue weighted by Crippen LogP contribution is -2.16. The van der Waals surface area contributed by atoms with Crippen LogP contribution in [0.4, 0.5) is 32.0 Å². The van der Waals surface area contributed by atoms with Crippen LogP contribution in [0, 0.1) is 9.81 Å². The lowest BCUT2D eigenvalue weighted by atomic mass is 10.1. The summed E-state index contributed by atoms with van der Waals surface area (Å²) < 4.78 is 93.9. The van der Waals surface area contributed by atoms with E-state index < -0.39 is 54.1 Å². The third kappa shape index (κ3) is 6.01. The Morgan fingerprint density at radius 1 is 0.935 bits per heavy atom. The molecule has 0 atom stereocenters. The van der Waals surface area contributed by atoms with Crippen molar-refractivity contribution in [3.8, 4) is 5.75 Å². The first kappa shape index (κ1) is 24.3. The predicted octanol–water partition coefficient (Wildman–Crippen LogP) is 6.65. The number of carbonyl (C=O) groups is 1. The maximum absolute atomic E-state index is 12.9. The number of nitrogens with zero attached hydrogens (tertiary/aromatic N) is 2. The molecule has 2 aromatic carbocycles. The molecule has 31 heavy (non-hydrogen) atoms. The van der Waals surface area contributed by atoms with Gasteiger partial charge in [0.1, 0.15) is 5.75 Å². The molecule has 0 aliphatic rings. The maximum atomic E-state index is 12.9. The molecule has 0 aliphatic carbocycles. The number of halogens is 7. The van der Waals surface area contributed by atoms with Gasteiger partial charge in [-0.15, -0.1) is 9.81 Å². The van der Waals surface area contributed by atoms with E-state index in [1.807, 2.05) is 9.89 Å². The van der Waals surface area contributed by atoms with E-state index in [0.717, 1.165) is 18.2 Å². The SMILES string of the molecule is O=NP(=O)(N=O)Oc1ccc(Cl)cc1C(=O)Nc1cc(C(F)(F)F)cc(C(F)(F)F)c1. The molecule has 0 spiro atoms. The third-order valence-electron chi connectivity index (χ3n) is 3.46. The average Bonchev–Trinajstić information content (AvgIpc) is 2.67. The van der Waals surface area contributed by atoms with E-state index in [1.54, 1.807) is 5.32 Å². The van der Waals surface area contributed by atoms with Crippen molar-refractivity contribution in [2.45, 2.75) is 12.4 Å². The Labute approximate surface area is 173 Å². The first-order chi connectivity index (χ1) is 14.2. The summed E-state index contributed by atoms with van der Waals surface area (Å²) in [4.78, 5) is 37.3. The summed E-state index contributed by atoms with van der Waals surface area (Å²) in [5, 5.41) is 1.63. The number of benzene rings is 2. The minimum Gasteiger partial charge on any atom is -0.407 e. The van der Waals surface area contributed by atoms with Crippen LogP contribution in [0.5, 0.6) is 5.75 Å². The van der Waals surface area contributed by atoms with Crippen LogP contribution < -0.4 is 9.84 Å². The minimum atomic E-state index is -5.16. The van der Waals surface area contributed by atoms with Crippen molar-refractivity contribution in [3.63, 3.8) is 0 Å². The first-order valence-corrected chi connectivity index (χ1v) is 9.49. The van der Waals surface area contributed by atoms with Crippen LogP contribution in [0.2, 0.25) is 5.02 Å². The predicted molar refractivity (Wildman–Crippen MR) is 95.7 cm³/mol. The quantitative estimate of drug-likeness (QED) is 0.277. The van der Waals surface area contributed by atoms with Crippen LogP contribution >= 0.6 is 19.3 Å². The smallest absolute Gasteiger partial charge is 0.407 e. The zero-order valence-corrected chi connectivity index (χ0v) is 16.1. The normalized spacial score (nSPS) is 12.2. The van der Waals surface area contributed by atoms with Gasteiger partial charge in [-0.05, 0) is 36.4 Å². The van der Waals surface area contributed by atoms with Gasteiger partial charge in [-0.25, -0.2) is 4.57 Å². The van der Waals surface area contributed by atoms with E-state index in [-0.39, 0.29) is 23.2 Å². The van der Waals surface area contributed by atoms with Crippen LogP contribution in [-0.4, -0.2) is 5.91 Å². The molecular formula is C15H7ClF6N3O5P. The zero-order chi connectivity index (χ0) is 23.6. The molecule has 0 saturated heterocycles. The number of rotatable bonds is 6. The number of carbonyl (C=O) groups excluding carboxylic acids is 1. The lowest BCUT2D eigenvalue weighted by molar-refractivity contribution is -0.143. The van der Waals surface area contributed by atoms with Gasteiger partial charge in [-0.3, -0.25) is 4.79 Å². The van der Waals surface area contributed by atoms with Crippen molar-refractivity contribution in [2.75, 3.05) is 5.32 Å². The van der Waals surface area contributed by atoms with Crippen LogP contribution in [0.1, 0.15) is 21.5 Å². The van der Waals surface area contributed by atoms with Crippen LogP contribution in [0.25, 0.3) is 0 Å². The molecule has 0 heterocycles. The van der Waals surface area contributed by atoms with Gasteiger partial charge in [-0.1, -0.05) is 11.6 Å². The van der Waals surface area contributed by atoms with E-state index in [1.165, 1.54) is 0 Å². The Balaban J connectivity index is 2.50. The highest BCUT2D eigenvalue weighted by Crippen LogP contribution is 2.50. The fourth-order valence-corrected chi connectivity index (χ4v) is 2.85. The lowest BCUT2D eigenvalue weighted by Gasteiger charge is -2.16. The summed E-state index contributed by atoms with van der Waals surface area (Å²) in [5.74, 6) is -2.11. The van der Waals surface area contributed by atoms with Gasteiger partial charge in [0, 0.05) is 10.7 Å². The van der Waals surface area contributed by atoms with Gasteiger partial charge < -0.3 is 9.84 Å². The van der Waals surface area contributed by atoms with Crippen LogP contribution in [0.15, 0.2) is 46.3 Å². The molecular weight excluding hydrogens is 483 g/mol. The second-order valence-corrected chi connectivity index (χ2v) is 7.56. The molecule has 8 nitrogen and oxygen atoms in total. The molecule has 0 fully saturated rings. The summed E-state index contributed by atoms with van der Waals surface area (Å²) in [6, 6.07) is 3.06. The van der Waals surface area contributed by atoms with Gasteiger partial charge >= 0.3 is 20.0 Å². The van der Waals surface area contributed by atoms with Crippen LogP contribution in [-0.2, 0) is 16.9 Å². The largest absolute Gasteiger partial charge is 0.557 e. The number of alkyl halides is 6. The molecule has 0 saturated carbocycles. The number of nitrogens with one attached hydrogen (secondary N) is 1. The molecule has 0 unspecified atom stereocenters.